The zero-order valence-electron chi connectivity index (χ0n) is 21.1. The fraction of sp³-hybridized carbons (Fsp3) is 0.429. The summed E-state index contributed by atoms with van der Waals surface area (Å²) in [7, 11) is 0. The number of amides is 1. The van der Waals surface area contributed by atoms with E-state index in [0.29, 0.717) is 36.5 Å². The Kier molecular flexibility index (Phi) is 7.79. The molecular weight excluding hydrogens is 466 g/mol. The van der Waals surface area contributed by atoms with Crippen LogP contribution in [-0.2, 0) is 4.79 Å². The van der Waals surface area contributed by atoms with Gasteiger partial charge in [-0.05, 0) is 69.0 Å². The summed E-state index contributed by atoms with van der Waals surface area (Å²) in [6.07, 6.45) is 10.3. The van der Waals surface area contributed by atoms with Gasteiger partial charge in [0.25, 0.3) is 0 Å². The van der Waals surface area contributed by atoms with Crippen molar-refractivity contribution in [2.45, 2.75) is 44.6 Å². The summed E-state index contributed by atoms with van der Waals surface area (Å²) in [6.45, 7) is 3.23. The number of hydrogen-bond acceptors (Lipinski definition) is 8. The Balaban J connectivity index is 1.27. The first-order valence-corrected chi connectivity index (χ1v) is 13.2. The fourth-order valence-corrected chi connectivity index (χ4v) is 5.28. The topological polar surface area (TPSA) is 129 Å². The first kappa shape index (κ1) is 25.0. The predicted molar refractivity (Wildman–Crippen MR) is 145 cm³/mol. The smallest absolute Gasteiger partial charge is 0.225 e. The first-order chi connectivity index (χ1) is 18.1. The normalized spacial score (nSPS) is 20.5. The van der Waals surface area contributed by atoms with Crippen LogP contribution in [0.1, 0.15) is 44.1 Å². The summed E-state index contributed by atoms with van der Waals surface area (Å²) in [5.74, 6) is 2.86. The van der Waals surface area contributed by atoms with Crippen LogP contribution in [0, 0.1) is 11.3 Å². The number of piperidine rings is 2. The van der Waals surface area contributed by atoms with Gasteiger partial charge >= 0.3 is 0 Å². The zero-order valence-corrected chi connectivity index (χ0v) is 21.1. The number of allylic oxidation sites excluding steroid dienone is 4. The van der Waals surface area contributed by atoms with Crippen molar-refractivity contribution < 1.29 is 9.53 Å². The van der Waals surface area contributed by atoms with Crippen molar-refractivity contribution in [1.82, 2.24) is 20.2 Å². The highest BCUT2D eigenvalue weighted by atomic mass is 16.5. The number of hydrogen-bond donors (Lipinski definition) is 4. The van der Waals surface area contributed by atoms with Crippen molar-refractivity contribution in [2.24, 2.45) is 5.92 Å². The molecule has 0 radical (unpaired) electrons. The maximum Gasteiger partial charge on any atom is 0.225 e. The van der Waals surface area contributed by atoms with Gasteiger partial charge in [-0.3, -0.25) is 10.2 Å². The zero-order chi connectivity index (χ0) is 25.6. The minimum atomic E-state index is 0.0476. The lowest BCUT2D eigenvalue weighted by atomic mass is 9.94. The third kappa shape index (κ3) is 5.99. The molecule has 2 aliphatic heterocycles. The molecule has 9 heteroatoms. The molecule has 1 aromatic heterocycles. The standard InChI is InChI=1S/C28H35N7O2/c29-25(19-8-10-23(11-9-19)37-22-6-2-1-3-7-22)24-26(30)32-18-33-27(24)34-21-5-4-16-35(17-21)28(36)20-12-14-31-15-13-20/h1-3,6-8,10,18,20-21,29,31H,4-5,9,11-17H2,(H3,30,32,33,34). The molecule has 0 saturated carbocycles. The Morgan fingerprint density at radius 1 is 1.11 bits per heavy atom. The lowest BCUT2D eigenvalue weighted by Gasteiger charge is -2.36. The molecule has 2 saturated heterocycles. The highest BCUT2D eigenvalue weighted by molar-refractivity contribution is 6.16. The van der Waals surface area contributed by atoms with Crippen LogP contribution in [0.15, 0.2) is 60.1 Å². The number of anilines is 2. The highest BCUT2D eigenvalue weighted by Crippen LogP contribution is 2.29. The number of aromatic nitrogens is 2. The van der Waals surface area contributed by atoms with Gasteiger partial charge in [0.15, 0.2) is 0 Å². The van der Waals surface area contributed by atoms with Gasteiger partial charge in [-0.2, -0.15) is 0 Å². The van der Waals surface area contributed by atoms with E-state index in [4.69, 9.17) is 15.9 Å². The molecule has 1 aliphatic carbocycles. The van der Waals surface area contributed by atoms with Gasteiger partial charge in [-0.1, -0.05) is 24.3 Å². The van der Waals surface area contributed by atoms with Crippen LogP contribution in [0.25, 0.3) is 0 Å². The van der Waals surface area contributed by atoms with E-state index in [0.717, 1.165) is 62.4 Å². The van der Waals surface area contributed by atoms with E-state index in [-0.39, 0.29) is 23.7 Å². The summed E-state index contributed by atoms with van der Waals surface area (Å²) in [6, 6.07) is 9.74. The fourth-order valence-electron chi connectivity index (χ4n) is 5.28. The molecule has 1 unspecified atom stereocenters. The third-order valence-electron chi connectivity index (χ3n) is 7.31. The van der Waals surface area contributed by atoms with Gasteiger partial charge in [0.1, 0.15) is 29.5 Å². The van der Waals surface area contributed by atoms with Crippen LogP contribution >= 0.6 is 0 Å². The van der Waals surface area contributed by atoms with Gasteiger partial charge in [0.05, 0.1) is 11.3 Å². The van der Waals surface area contributed by atoms with Crippen LogP contribution in [-0.4, -0.2) is 58.7 Å². The van der Waals surface area contributed by atoms with Gasteiger partial charge in [-0.15, -0.1) is 0 Å². The Hall–Kier alpha value is -3.72. The first-order valence-electron chi connectivity index (χ1n) is 13.2. The minimum Gasteiger partial charge on any atom is -0.462 e. The van der Waals surface area contributed by atoms with Crippen molar-refractivity contribution in [2.75, 3.05) is 37.2 Å². The van der Waals surface area contributed by atoms with Crippen LogP contribution in [0.4, 0.5) is 11.6 Å². The Bertz CT molecular complexity index is 1190. The van der Waals surface area contributed by atoms with Gasteiger partial charge < -0.3 is 26.0 Å². The third-order valence-corrected chi connectivity index (χ3v) is 7.31. The molecule has 2 fully saturated rings. The van der Waals surface area contributed by atoms with Crippen molar-refractivity contribution in [1.29, 1.82) is 5.41 Å². The number of nitrogens with two attached hydrogens (primary N) is 1. The molecule has 9 nitrogen and oxygen atoms in total. The number of para-hydroxylation sites is 1. The summed E-state index contributed by atoms with van der Waals surface area (Å²) in [5, 5.41) is 15.8. The molecule has 3 aliphatic rings. The summed E-state index contributed by atoms with van der Waals surface area (Å²) in [5.41, 5.74) is 7.95. The molecule has 2 aromatic rings. The monoisotopic (exact) mass is 501 g/mol. The van der Waals surface area contributed by atoms with Crippen LogP contribution in [0.3, 0.4) is 0 Å². The summed E-state index contributed by atoms with van der Waals surface area (Å²) >= 11 is 0. The number of rotatable bonds is 7. The molecule has 0 spiro atoms. The highest BCUT2D eigenvalue weighted by Gasteiger charge is 2.30. The van der Waals surface area contributed by atoms with Crippen LogP contribution in [0.5, 0.6) is 5.75 Å². The van der Waals surface area contributed by atoms with Crippen LogP contribution < -0.4 is 21.1 Å². The molecule has 3 heterocycles. The molecule has 5 N–H and O–H groups in total. The average molecular weight is 502 g/mol. The van der Waals surface area contributed by atoms with E-state index in [1.165, 1.54) is 6.33 Å². The van der Waals surface area contributed by atoms with Gasteiger partial charge in [0, 0.05) is 31.5 Å². The number of nitrogen functional groups attached to an aromatic ring is 1. The SMILES string of the molecule is N=C(C1=CC=C(Oc2ccccc2)CC1)c1c(N)ncnc1NC1CCCN(C(=O)C2CCNCC2)C1. The molecule has 194 valence electrons. The quantitative estimate of drug-likeness (QED) is 0.427. The number of ether oxygens (including phenoxy) is 1. The minimum absolute atomic E-state index is 0.0476. The van der Waals surface area contributed by atoms with Crippen molar-refractivity contribution >= 4 is 23.3 Å². The van der Waals surface area contributed by atoms with Gasteiger partial charge in [0.2, 0.25) is 5.91 Å². The van der Waals surface area contributed by atoms with E-state index < -0.39 is 0 Å². The van der Waals surface area contributed by atoms with E-state index in [1.807, 2.05) is 47.4 Å². The number of benzene rings is 1. The van der Waals surface area contributed by atoms with Crippen molar-refractivity contribution in [3.63, 3.8) is 0 Å². The number of likely N-dealkylation sites (tertiary alicyclic amines) is 1. The second-order valence-electron chi connectivity index (χ2n) is 9.89. The number of nitrogens with one attached hydrogen (secondary N) is 3. The van der Waals surface area contributed by atoms with E-state index >= 15 is 0 Å². The van der Waals surface area contributed by atoms with E-state index in [2.05, 4.69) is 20.6 Å². The molecule has 37 heavy (non-hydrogen) atoms. The van der Waals surface area contributed by atoms with Crippen molar-refractivity contribution in [3.8, 4) is 5.75 Å². The average Bonchev–Trinajstić information content (AvgIpc) is 2.94. The molecule has 0 bridgehead atoms. The molecule has 1 aromatic carbocycles. The van der Waals surface area contributed by atoms with E-state index in [9.17, 15) is 4.79 Å². The maximum atomic E-state index is 13.1. The Labute approximate surface area is 217 Å². The van der Waals surface area contributed by atoms with Gasteiger partial charge in [-0.25, -0.2) is 9.97 Å². The number of carbonyl (C=O) groups excluding carboxylic acids is 1. The second-order valence-corrected chi connectivity index (χ2v) is 9.89. The largest absolute Gasteiger partial charge is 0.462 e. The molecule has 5 rings (SSSR count). The van der Waals surface area contributed by atoms with E-state index in [1.54, 1.807) is 0 Å². The lowest BCUT2D eigenvalue weighted by molar-refractivity contribution is -0.137. The maximum absolute atomic E-state index is 13.1. The predicted octanol–water partition coefficient (Wildman–Crippen LogP) is 3.51. The molecule has 1 atom stereocenters. The molecular formula is C28H35N7O2. The molecule has 1 amide bonds. The summed E-state index contributed by atoms with van der Waals surface area (Å²) < 4.78 is 5.96. The lowest BCUT2D eigenvalue weighted by Crippen LogP contribution is -2.49. The number of carbonyl (C=O) groups is 1. The Morgan fingerprint density at radius 2 is 1.92 bits per heavy atom. The number of nitrogens with zero attached hydrogens (tertiary/aromatic N) is 3. The Morgan fingerprint density at radius 3 is 2.68 bits per heavy atom. The summed E-state index contributed by atoms with van der Waals surface area (Å²) in [4.78, 5) is 23.7. The second kappa shape index (κ2) is 11.6. The van der Waals surface area contributed by atoms with Crippen molar-refractivity contribution in [3.05, 3.63) is 65.7 Å². The van der Waals surface area contributed by atoms with Crippen LogP contribution in [0.2, 0.25) is 0 Å².